The first-order chi connectivity index (χ1) is 47.8. The van der Waals surface area contributed by atoms with Gasteiger partial charge in [0.2, 0.25) is 0 Å². The SMILES string of the molecule is CC1(C)c2ccccc2-c2ccc(N(c3ccc(-c4cccc5c4Oc4ccccc4O5)cc3)c3ccc4c(c3)c3ccccc3n4-c3ccccc3)cc21.c1ccc2c(c1)Oc1ccc(N(c3ccc4c(c3)oc3ccccc34)c3cccc4c3Oc3ccccc3O4)cc1O2. The van der Waals surface area contributed by atoms with Crippen LogP contribution in [0.2, 0.25) is 0 Å². The van der Waals surface area contributed by atoms with E-state index in [4.69, 9.17) is 32.8 Å². The molecule has 0 saturated heterocycles. The molecule has 10 heteroatoms. The lowest BCUT2D eigenvalue weighted by Gasteiger charge is -2.31. The number of nitrogens with zero attached hydrogens (tertiary/aromatic N) is 3. The number of ether oxygens (including phenoxy) is 6. The van der Waals surface area contributed by atoms with Crippen LogP contribution in [0.25, 0.3) is 71.7 Å². The summed E-state index contributed by atoms with van der Waals surface area (Å²) in [6.45, 7) is 4.69. The number of para-hydroxylation sites is 11. The summed E-state index contributed by atoms with van der Waals surface area (Å²) in [6, 6.07) is 106. The van der Waals surface area contributed by atoms with E-state index in [0.29, 0.717) is 51.7 Å². The Bertz CT molecular complexity index is 5850. The van der Waals surface area contributed by atoms with E-state index in [1.54, 1.807) is 0 Å². The van der Waals surface area contributed by atoms with E-state index < -0.39 is 0 Å². The minimum atomic E-state index is -0.127. The molecule has 0 spiro atoms. The van der Waals surface area contributed by atoms with E-state index in [2.05, 4.69) is 198 Å². The van der Waals surface area contributed by atoms with E-state index in [9.17, 15) is 0 Å². The zero-order valence-corrected chi connectivity index (χ0v) is 52.6. The van der Waals surface area contributed by atoms with Gasteiger partial charge in [-0.25, -0.2) is 0 Å². The van der Waals surface area contributed by atoms with Crippen molar-refractivity contribution in [3.05, 3.63) is 321 Å². The maximum atomic E-state index is 6.48. The second-order valence-electron chi connectivity index (χ2n) is 25.1. The third-order valence-corrected chi connectivity index (χ3v) is 19.0. The van der Waals surface area contributed by atoms with Gasteiger partial charge in [-0.1, -0.05) is 166 Å². The highest BCUT2D eigenvalue weighted by molar-refractivity contribution is 6.11. The van der Waals surface area contributed by atoms with Crippen molar-refractivity contribution in [2.45, 2.75) is 19.3 Å². The number of benzene rings is 14. The van der Waals surface area contributed by atoms with Crippen molar-refractivity contribution >= 4 is 77.9 Å². The lowest BCUT2D eigenvalue weighted by molar-refractivity contribution is 0.359. The summed E-state index contributed by atoms with van der Waals surface area (Å²) in [5.41, 5.74) is 18.2. The van der Waals surface area contributed by atoms with Gasteiger partial charge in [-0.05, 0) is 173 Å². The van der Waals surface area contributed by atoms with E-state index in [-0.39, 0.29) is 5.41 Å². The molecule has 20 rings (SSSR count). The fourth-order valence-corrected chi connectivity index (χ4v) is 14.4. The second kappa shape index (κ2) is 22.1. The third kappa shape index (κ3) is 9.24. The number of aromatic nitrogens is 1. The molecule has 0 radical (unpaired) electrons. The minimum absolute atomic E-state index is 0.127. The van der Waals surface area contributed by atoms with Crippen LogP contribution in [0.3, 0.4) is 0 Å². The Balaban J connectivity index is 0.000000141. The normalized spacial score (nSPS) is 13.0. The molecule has 0 atom stereocenters. The zero-order valence-electron chi connectivity index (χ0n) is 52.6. The van der Waals surface area contributed by atoms with Crippen LogP contribution in [-0.2, 0) is 5.41 Å². The molecule has 97 heavy (non-hydrogen) atoms. The van der Waals surface area contributed by atoms with E-state index in [1.165, 1.54) is 44.1 Å². The molecule has 0 N–H and O–H groups in total. The Morgan fingerprint density at radius 2 is 0.773 bits per heavy atom. The molecule has 0 unspecified atom stereocenters. The van der Waals surface area contributed by atoms with Gasteiger partial charge in [0.25, 0.3) is 0 Å². The summed E-state index contributed by atoms with van der Waals surface area (Å²) in [5.74, 6) is 8.08. The molecular formula is C87H57N3O7. The quantitative estimate of drug-likeness (QED) is 0.148. The van der Waals surface area contributed by atoms with Crippen molar-refractivity contribution < 1.29 is 32.8 Å². The Morgan fingerprint density at radius 1 is 0.278 bits per heavy atom. The average molecular weight is 1260 g/mol. The number of hydrogen-bond donors (Lipinski definition) is 0. The van der Waals surface area contributed by atoms with Gasteiger partial charge >= 0.3 is 0 Å². The maximum Gasteiger partial charge on any atom is 0.194 e. The number of fused-ring (bicyclic) bond motifs is 15. The molecule has 0 saturated carbocycles. The molecule has 3 aliphatic heterocycles. The molecule has 0 bridgehead atoms. The monoisotopic (exact) mass is 1260 g/mol. The van der Waals surface area contributed by atoms with Gasteiger partial charge in [0.15, 0.2) is 69.0 Å². The summed E-state index contributed by atoms with van der Waals surface area (Å²) in [5, 5.41) is 4.56. The van der Waals surface area contributed by atoms with Crippen LogP contribution < -0.4 is 38.2 Å². The van der Waals surface area contributed by atoms with E-state index in [0.717, 1.165) is 90.1 Å². The smallest absolute Gasteiger partial charge is 0.194 e. The van der Waals surface area contributed by atoms with Gasteiger partial charge in [0, 0.05) is 67.4 Å². The molecule has 16 aromatic rings. The van der Waals surface area contributed by atoms with Crippen LogP contribution >= 0.6 is 0 Å². The van der Waals surface area contributed by atoms with Crippen LogP contribution in [0.5, 0.6) is 69.0 Å². The van der Waals surface area contributed by atoms with Crippen molar-refractivity contribution in [2.24, 2.45) is 0 Å². The largest absolute Gasteiger partial charge is 0.456 e. The Hall–Kier alpha value is -12.9. The lowest BCUT2D eigenvalue weighted by Crippen LogP contribution is -2.16. The molecular weight excluding hydrogens is 1200 g/mol. The Labute approximate surface area is 558 Å². The van der Waals surface area contributed by atoms with E-state index >= 15 is 0 Å². The molecule has 10 nitrogen and oxygen atoms in total. The van der Waals surface area contributed by atoms with Gasteiger partial charge in [-0.15, -0.1) is 0 Å². The van der Waals surface area contributed by atoms with E-state index in [1.807, 2.05) is 140 Å². The maximum absolute atomic E-state index is 6.48. The summed E-state index contributed by atoms with van der Waals surface area (Å²) in [4.78, 5) is 4.51. The highest BCUT2D eigenvalue weighted by atomic mass is 16.6. The molecule has 5 heterocycles. The minimum Gasteiger partial charge on any atom is -0.456 e. The first-order valence-corrected chi connectivity index (χ1v) is 32.5. The van der Waals surface area contributed by atoms with Crippen molar-refractivity contribution in [3.8, 4) is 96.9 Å². The van der Waals surface area contributed by atoms with Gasteiger partial charge in [-0.2, -0.15) is 0 Å². The summed E-state index contributed by atoms with van der Waals surface area (Å²) in [6.07, 6.45) is 0. The molecule has 0 amide bonds. The molecule has 0 fully saturated rings. The van der Waals surface area contributed by atoms with Crippen LogP contribution in [0.4, 0.5) is 34.1 Å². The lowest BCUT2D eigenvalue weighted by atomic mass is 9.82. The van der Waals surface area contributed by atoms with Gasteiger partial charge in [0.1, 0.15) is 11.2 Å². The fourth-order valence-electron chi connectivity index (χ4n) is 14.4. The Kier molecular flexibility index (Phi) is 12.7. The van der Waals surface area contributed by atoms with Crippen molar-refractivity contribution in [2.75, 3.05) is 9.80 Å². The molecule has 1 aliphatic carbocycles. The summed E-state index contributed by atoms with van der Waals surface area (Å²) in [7, 11) is 0. The van der Waals surface area contributed by atoms with Gasteiger partial charge in [-0.3, -0.25) is 0 Å². The van der Waals surface area contributed by atoms with Crippen LogP contribution in [0.1, 0.15) is 25.0 Å². The second-order valence-corrected chi connectivity index (χ2v) is 25.1. The van der Waals surface area contributed by atoms with Crippen LogP contribution in [0.15, 0.2) is 314 Å². The number of hydrogen-bond acceptors (Lipinski definition) is 9. The first-order valence-electron chi connectivity index (χ1n) is 32.5. The molecule has 14 aromatic carbocycles. The van der Waals surface area contributed by atoms with Gasteiger partial charge in [0.05, 0.1) is 28.1 Å². The molecule has 4 aliphatic rings. The topological polar surface area (TPSA) is 79.9 Å². The van der Waals surface area contributed by atoms with Crippen molar-refractivity contribution in [3.63, 3.8) is 0 Å². The third-order valence-electron chi connectivity index (χ3n) is 19.0. The van der Waals surface area contributed by atoms with Crippen molar-refractivity contribution in [1.82, 2.24) is 4.57 Å². The molecule has 462 valence electrons. The molecule has 2 aromatic heterocycles. The number of anilines is 6. The highest BCUT2D eigenvalue weighted by Gasteiger charge is 2.36. The van der Waals surface area contributed by atoms with Crippen LogP contribution in [-0.4, -0.2) is 4.57 Å². The number of rotatable bonds is 8. The zero-order chi connectivity index (χ0) is 64.3. The fraction of sp³-hybridized carbons (Fsp3) is 0.0345. The highest BCUT2D eigenvalue weighted by Crippen LogP contribution is 2.56. The average Bonchev–Trinajstić information content (AvgIpc) is 1.51. The number of furan rings is 1. The van der Waals surface area contributed by atoms with Crippen LogP contribution in [0, 0.1) is 0 Å². The Morgan fingerprint density at radius 3 is 1.54 bits per heavy atom. The summed E-state index contributed by atoms with van der Waals surface area (Å²) >= 11 is 0. The predicted octanol–water partition coefficient (Wildman–Crippen LogP) is 25.0. The predicted molar refractivity (Wildman–Crippen MR) is 387 cm³/mol. The van der Waals surface area contributed by atoms with Crippen molar-refractivity contribution in [1.29, 1.82) is 0 Å². The first kappa shape index (κ1) is 55.7. The van der Waals surface area contributed by atoms with Gasteiger partial charge < -0.3 is 47.2 Å². The standard InChI is InChI=1S/C51H36N2O2.C36H21NO5/c1-51(2)43-18-8-6-15-39(43)40-29-27-37(32-44(40)51)52(36-28-30-46-42(31-36)41-16-7-9-19-45(41)53(46)34-13-4-3-5-14-34)35-25-23-33(24-26-35)38-17-12-22-49-50(38)55-48-21-11-10-20-47(48)54-49;1-2-10-27-24(8-1)25-18-16-22(20-34(25)38-27)37(23-17-19-32-35(21-23)41-29-12-4-3-11-28(29)39-32)26-9-7-15-33-36(26)42-31-14-6-5-13-30(31)40-33/h3-32H,1-2H3;1-21H. The summed E-state index contributed by atoms with van der Waals surface area (Å²) < 4.78 is 46.5.